The minimum absolute atomic E-state index is 0.636. The van der Waals surface area contributed by atoms with Crippen LogP contribution >= 0.6 is 27.7 Å². The van der Waals surface area contributed by atoms with Gasteiger partial charge < -0.3 is 5.73 Å². The number of H-pyrrole nitrogens is 1. The number of aryl methyl sites for hydroxylation is 1. The Morgan fingerprint density at radius 3 is 2.94 bits per heavy atom. The van der Waals surface area contributed by atoms with Crippen LogP contribution in [0.4, 0.5) is 0 Å². The van der Waals surface area contributed by atoms with Crippen LogP contribution in [0.2, 0.25) is 0 Å². The molecule has 0 saturated heterocycles. The van der Waals surface area contributed by atoms with Gasteiger partial charge in [0.05, 0.1) is 0 Å². The van der Waals surface area contributed by atoms with Gasteiger partial charge in [-0.3, -0.25) is 5.10 Å². The molecule has 3 N–H and O–H groups in total. The number of nitrogens with one attached hydrogen (secondary N) is 1. The molecular formula is C11H13BrN4S. The minimum atomic E-state index is 0.636. The largest absolute Gasteiger partial charge is 0.330 e. The van der Waals surface area contributed by atoms with Crippen molar-refractivity contribution in [3.8, 4) is 0 Å². The molecule has 0 aliphatic heterocycles. The zero-order valence-electron chi connectivity index (χ0n) is 9.40. The lowest BCUT2D eigenvalue weighted by atomic mass is 10.1. The first-order valence-corrected chi connectivity index (χ1v) is 6.85. The van der Waals surface area contributed by atoms with Gasteiger partial charge in [-0.25, -0.2) is 4.98 Å². The van der Waals surface area contributed by atoms with Crippen molar-refractivity contribution in [1.29, 1.82) is 0 Å². The van der Waals surface area contributed by atoms with Crippen molar-refractivity contribution >= 4 is 27.7 Å². The van der Waals surface area contributed by atoms with Crippen molar-refractivity contribution in [1.82, 2.24) is 15.2 Å². The summed E-state index contributed by atoms with van der Waals surface area (Å²) in [6.45, 7) is 2.52. The van der Waals surface area contributed by atoms with E-state index in [2.05, 4.69) is 43.2 Å². The van der Waals surface area contributed by atoms with Crippen LogP contribution in [0, 0.1) is 6.92 Å². The van der Waals surface area contributed by atoms with E-state index in [1.54, 1.807) is 11.8 Å². The van der Waals surface area contributed by atoms with Gasteiger partial charge in [0.2, 0.25) is 5.16 Å². The lowest BCUT2D eigenvalue weighted by Gasteiger charge is -2.06. The fraction of sp³-hybridized carbons (Fsp3) is 0.273. The van der Waals surface area contributed by atoms with Crippen molar-refractivity contribution in [3.63, 3.8) is 0 Å². The van der Waals surface area contributed by atoms with Gasteiger partial charge in [-0.05, 0) is 55.4 Å². The lowest BCUT2D eigenvalue weighted by molar-refractivity contribution is 0.936. The Balaban J connectivity index is 2.25. The fourth-order valence-electron chi connectivity index (χ4n) is 1.46. The average Bonchev–Trinajstić information content (AvgIpc) is 2.69. The maximum absolute atomic E-state index is 5.62. The average molecular weight is 313 g/mol. The zero-order valence-corrected chi connectivity index (χ0v) is 11.8. The van der Waals surface area contributed by atoms with Gasteiger partial charge in [-0.1, -0.05) is 15.9 Å². The summed E-state index contributed by atoms with van der Waals surface area (Å²) in [7, 11) is 0. The first-order valence-electron chi connectivity index (χ1n) is 5.24. The molecule has 0 bridgehead atoms. The zero-order chi connectivity index (χ0) is 12.3. The summed E-state index contributed by atoms with van der Waals surface area (Å²) in [6, 6.07) is 6.17. The van der Waals surface area contributed by atoms with E-state index in [-0.39, 0.29) is 0 Å². The molecule has 1 heterocycles. The van der Waals surface area contributed by atoms with Gasteiger partial charge in [0.25, 0.3) is 0 Å². The van der Waals surface area contributed by atoms with Crippen LogP contribution in [0.5, 0.6) is 0 Å². The van der Waals surface area contributed by atoms with Crippen molar-refractivity contribution < 1.29 is 0 Å². The molecule has 0 unspecified atom stereocenters. The molecule has 0 spiro atoms. The molecular weight excluding hydrogens is 300 g/mol. The highest BCUT2D eigenvalue weighted by atomic mass is 79.9. The van der Waals surface area contributed by atoms with Gasteiger partial charge >= 0.3 is 0 Å². The number of aromatic amines is 1. The second kappa shape index (κ2) is 5.66. The van der Waals surface area contributed by atoms with Crippen LogP contribution in [0.15, 0.2) is 32.7 Å². The molecule has 0 amide bonds. The molecule has 1 aromatic carbocycles. The quantitative estimate of drug-likeness (QED) is 0.910. The smallest absolute Gasteiger partial charge is 0.213 e. The summed E-state index contributed by atoms with van der Waals surface area (Å²) in [5, 5.41) is 7.69. The molecule has 0 saturated carbocycles. The maximum Gasteiger partial charge on any atom is 0.213 e. The number of nitrogens with two attached hydrogens (primary N) is 1. The van der Waals surface area contributed by atoms with Crippen molar-refractivity contribution in [3.05, 3.63) is 34.1 Å². The summed E-state index contributed by atoms with van der Waals surface area (Å²) >= 11 is 5.02. The van der Waals surface area contributed by atoms with E-state index in [9.17, 15) is 0 Å². The number of aromatic nitrogens is 3. The van der Waals surface area contributed by atoms with E-state index in [1.807, 2.05) is 13.0 Å². The number of benzene rings is 1. The summed E-state index contributed by atoms with van der Waals surface area (Å²) in [5.74, 6) is 0.824. The Bertz CT molecular complexity index is 512. The number of halogens is 1. The Morgan fingerprint density at radius 2 is 2.29 bits per heavy atom. The lowest BCUT2D eigenvalue weighted by Crippen LogP contribution is -2.03. The molecule has 4 nitrogen and oxygen atoms in total. The van der Waals surface area contributed by atoms with Crippen molar-refractivity contribution in [2.24, 2.45) is 5.73 Å². The van der Waals surface area contributed by atoms with Crippen LogP contribution in [0.25, 0.3) is 0 Å². The van der Waals surface area contributed by atoms with Gasteiger partial charge in [-0.15, -0.1) is 5.10 Å². The fourth-order valence-corrected chi connectivity index (χ4v) is 2.77. The van der Waals surface area contributed by atoms with E-state index < -0.39 is 0 Å². The molecule has 17 heavy (non-hydrogen) atoms. The first kappa shape index (κ1) is 12.6. The van der Waals surface area contributed by atoms with E-state index in [4.69, 9.17) is 5.73 Å². The molecule has 0 aliphatic carbocycles. The van der Waals surface area contributed by atoms with Gasteiger partial charge in [0.1, 0.15) is 5.82 Å². The second-order valence-corrected chi connectivity index (χ2v) is 5.52. The topological polar surface area (TPSA) is 67.6 Å². The number of hydrogen-bond acceptors (Lipinski definition) is 4. The molecule has 2 rings (SSSR count). The summed E-state index contributed by atoms with van der Waals surface area (Å²) in [6.07, 6.45) is 0.852. The van der Waals surface area contributed by atoms with E-state index >= 15 is 0 Å². The predicted molar refractivity (Wildman–Crippen MR) is 72.1 cm³/mol. The van der Waals surface area contributed by atoms with Crippen LogP contribution in [-0.4, -0.2) is 21.7 Å². The van der Waals surface area contributed by atoms with Crippen LogP contribution in [0.1, 0.15) is 11.4 Å². The third-order valence-electron chi connectivity index (χ3n) is 2.21. The highest BCUT2D eigenvalue weighted by molar-refractivity contribution is 9.10. The molecule has 90 valence electrons. The molecule has 0 radical (unpaired) electrons. The molecule has 0 aliphatic rings. The number of hydrogen-bond donors (Lipinski definition) is 2. The minimum Gasteiger partial charge on any atom is -0.330 e. The third-order valence-corrected chi connectivity index (χ3v) is 3.69. The Morgan fingerprint density at radius 1 is 1.47 bits per heavy atom. The van der Waals surface area contributed by atoms with E-state index in [1.165, 1.54) is 5.56 Å². The van der Waals surface area contributed by atoms with E-state index in [0.717, 1.165) is 26.8 Å². The van der Waals surface area contributed by atoms with Gasteiger partial charge in [-0.2, -0.15) is 0 Å². The van der Waals surface area contributed by atoms with Crippen molar-refractivity contribution in [2.75, 3.05) is 6.54 Å². The van der Waals surface area contributed by atoms with Crippen LogP contribution in [0.3, 0.4) is 0 Å². The van der Waals surface area contributed by atoms with Crippen LogP contribution < -0.4 is 5.73 Å². The molecule has 2 aromatic rings. The Labute approximate surface area is 113 Å². The first-order chi connectivity index (χ1) is 8.19. The van der Waals surface area contributed by atoms with Gasteiger partial charge in [0, 0.05) is 9.37 Å². The summed E-state index contributed by atoms with van der Waals surface area (Å²) < 4.78 is 1.07. The predicted octanol–water partition coefficient (Wildman–Crippen LogP) is 2.53. The number of nitrogens with zero attached hydrogens (tertiary/aromatic N) is 2. The monoisotopic (exact) mass is 312 g/mol. The highest BCUT2D eigenvalue weighted by Gasteiger charge is 2.08. The third kappa shape index (κ3) is 3.31. The molecule has 6 heteroatoms. The Hall–Kier alpha value is -0.850. The second-order valence-electron chi connectivity index (χ2n) is 3.60. The SMILES string of the molecule is Cc1nc(Sc2ccc(Br)cc2CCN)n[nH]1. The van der Waals surface area contributed by atoms with Crippen molar-refractivity contribution in [2.45, 2.75) is 23.4 Å². The molecule has 1 aromatic heterocycles. The normalized spacial score (nSPS) is 10.8. The Kier molecular flexibility index (Phi) is 4.20. The summed E-state index contributed by atoms with van der Waals surface area (Å²) in [4.78, 5) is 5.43. The van der Waals surface area contributed by atoms with Crippen LogP contribution in [-0.2, 0) is 6.42 Å². The summed E-state index contributed by atoms with van der Waals surface area (Å²) in [5.41, 5.74) is 6.83. The van der Waals surface area contributed by atoms with E-state index in [0.29, 0.717) is 6.54 Å². The standard InChI is InChI=1S/C11H13BrN4S/c1-7-14-11(16-15-7)17-10-3-2-9(12)6-8(10)4-5-13/h2-3,6H,4-5,13H2,1H3,(H,14,15,16). The number of rotatable bonds is 4. The van der Waals surface area contributed by atoms with Gasteiger partial charge in [0.15, 0.2) is 0 Å². The highest BCUT2D eigenvalue weighted by Crippen LogP contribution is 2.30. The molecule has 0 atom stereocenters. The molecule has 0 fully saturated rings. The maximum atomic E-state index is 5.62.